The Kier molecular flexibility index (Phi) is 4.63. The second kappa shape index (κ2) is 6.72. The number of nitrogens with one attached hydrogen (secondary N) is 1. The molecule has 0 spiro atoms. The van der Waals surface area contributed by atoms with Crippen LogP contribution in [0.1, 0.15) is 26.5 Å². The predicted octanol–water partition coefficient (Wildman–Crippen LogP) is 4.19. The minimum absolute atomic E-state index is 0.170. The molecule has 1 aromatic carbocycles. The summed E-state index contributed by atoms with van der Waals surface area (Å²) in [4.78, 5) is 13.1. The molecule has 0 saturated carbocycles. The van der Waals surface area contributed by atoms with Crippen molar-refractivity contribution in [1.82, 2.24) is 15.1 Å². The lowest BCUT2D eigenvalue weighted by Crippen LogP contribution is -2.26. The minimum Gasteiger partial charge on any atom is -0.347 e. The number of thiophene rings is 1. The van der Waals surface area contributed by atoms with Crippen LogP contribution in [0.3, 0.4) is 0 Å². The van der Waals surface area contributed by atoms with E-state index in [-0.39, 0.29) is 12.2 Å². The van der Waals surface area contributed by atoms with Crippen molar-refractivity contribution in [3.63, 3.8) is 0 Å². The van der Waals surface area contributed by atoms with Gasteiger partial charge in [-0.2, -0.15) is 18.3 Å². The second-order valence-corrected chi connectivity index (χ2v) is 6.45. The van der Waals surface area contributed by atoms with Gasteiger partial charge < -0.3 is 5.32 Å². The average Bonchev–Trinajstić information content (AvgIpc) is 3.22. The van der Waals surface area contributed by atoms with E-state index in [0.717, 1.165) is 21.3 Å². The topological polar surface area (TPSA) is 46.9 Å². The van der Waals surface area contributed by atoms with Crippen molar-refractivity contribution in [2.24, 2.45) is 0 Å². The Balaban J connectivity index is 1.94. The van der Waals surface area contributed by atoms with E-state index in [1.807, 2.05) is 18.4 Å². The van der Waals surface area contributed by atoms with Crippen LogP contribution in [0.2, 0.25) is 0 Å². The lowest BCUT2D eigenvalue weighted by Gasteiger charge is -2.13. The highest BCUT2D eigenvalue weighted by atomic mass is 32.1. The molecule has 0 radical (unpaired) electrons. The number of alkyl halides is 3. The molecule has 3 rings (SSSR count). The van der Waals surface area contributed by atoms with E-state index in [1.165, 1.54) is 23.5 Å². The summed E-state index contributed by atoms with van der Waals surface area (Å²) in [5.41, 5.74) is -0.418. The zero-order chi connectivity index (χ0) is 18.0. The van der Waals surface area contributed by atoms with Gasteiger partial charge in [-0.05, 0) is 30.5 Å². The normalized spacial score (nSPS) is 11.5. The van der Waals surface area contributed by atoms with Gasteiger partial charge in [-0.15, -0.1) is 11.3 Å². The summed E-state index contributed by atoms with van der Waals surface area (Å²) in [5.74, 6) is -0.806. The maximum atomic E-state index is 13.5. The number of carbonyl (C=O) groups excluding carboxylic acids is 1. The van der Waals surface area contributed by atoms with Crippen molar-refractivity contribution in [3.8, 4) is 5.69 Å². The van der Waals surface area contributed by atoms with Gasteiger partial charge in [-0.3, -0.25) is 4.79 Å². The van der Waals surface area contributed by atoms with Crippen LogP contribution in [-0.2, 0) is 12.7 Å². The van der Waals surface area contributed by atoms with E-state index in [0.29, 0.717) is 0 Å². The third-order valence-electron chi connectivity index (χ3n) is 3.56. The van der Waals surface area contributed by atoms with Gasteiger partial charge in [-0.1, -0.05) is 23.8 Å². The van der Waals surface area contributed by atoms with Crippen LogP contribution in [0.25, 0.3) is 5.69 Å². The zero-order valence-corrected chi connectivity index (χ0v) is 14.0. The molecule has 0 aliphatic heterocycles. The molecule has 0 aliphatic rings. The fourth-order valence-electron chi connectivity index (χ4n) is 2.34. The Morgan fingerprint density at radius 3 is 2.56 bits per heavy atom. The first kappa shape index (κ1) is 17.2. The van der Waals surface area contributed by atoms with E-state index in [4.69, 9.17) is 0 Å². The number of hydrogen-bond donors (Lipinski definition) is 1. The van der Waals surface area contributed by atoms with Gasteiger partial charge in [-0.25, -0.2) is 4.68 Å². The Morgan fingerprint density at radius 2 is 1.96 bits per heavy atom. The van der Waals surface area contributed by atoms with Crippen molar-refractivity contribution in [1.29, 1.82) is 0 Å². The molecule has 0 unspecified atom stereocenters. The van der Waals surface area contributed by atoms with E-state index >= 15 is 0 Å². The fourth-order valence-corrected chi connectivity index (χ4v) is 2.99. The Morgan fingerprint density at radius 1 is 1.24 bits per heavy atom. The van der Waals surface area contributed by atoms with Crippen LogP contribution in [0.4, 0.5) is 13.2 Å². The summed E-state index contributed by atoms with van der Waals surface area (Å²) < 4.78 is 41.4. The number of nitrogens with zero attached hydrogens (tertiary/aromatic N) is 2. The van der Waals surface area contributed by atoms with Gasteiger partial charge in [0.2, 0.25) is 0 Å². The predicted molar refractivity (Wildman–Crippen MR) is 88.8 cm³/mol. The molecular weight excluding hydrogens is 351 g/mol. The van der Waals surface area contributed by atoms with Gasteiger partial charge in [0.15, 0.2) is 5.69 Å². The molecule has 0 bridgehead atoms. The SMILES string of the molecule is Cc1ccc(-n2ncc(C(=O)NCc3cccs3)c2C(F)(F)F)cc1. The summed E-state index contributed by atoms with van der Waals surface area (Å²) in [7, 11) is 0. The molecule has 1 N–H and O–H groups in total. The van der Waals surface area contributed by atoms with Crippen LogP contribution in [0.15, 0.2) is 48.0 Å². The number of amides is 1. The number of aryl methyl sites for hydroxylation is 1. The van der Waals surface area contributed by atoms with Crippen LogP contribution in [0, 0.1) is 6.92 Å². The third kappa shape index (κ3) is 3.74. The van der Waals surface area contributed by atoms with Gasteiger partial charge in [0.25, 0.3) is 5.91 Å². The number of halogens is 3. The fraction of sp³-hybridized carbons (Fsp3) is 0.176. The maximum absolute atomic E-state index is 13.5. The molecule has 4 nitrogen and oxygen atoms in total. The Labute approximate surface area is 145 Å². The van der Waals surface area contributed by atoms with Crippen LogP contribution in [-0.4, -0.2) is 15.7 Å². The summed E-state index contributed by atoms with van der Waals surface area (Å²) in [6.45, 7) is 2.00. The zero-order valence-electron chi connectivity index (χ0n) is 13.2. The number of aromatic nitrogens is 2. The molecule has 2 heterocycles. The van der Waals surface area contributed by atoms with Crippen LogP contribution >= 0.6 is 11.3 Å². The Bertz CT molecular complexity index is 868. The molecule has 25 heavy (non-hydrogen) atoms. The first-order chi connectivity index (χ1) is 11.9. The van der Waals surface area contributed by atoms with E-state index in [1.54, 1.807) is 18.2 Å². The molecule has 0 fully saturated rings. The second-order valence-electron chi connectivity index (χ2n) is 5.41. The standard InChI is InChI=1S/C17H14F3N3OS/c1-11-4-6-12(7-5-11)23-15(17(18,19)20)14(10-22-23)16(24)21-9-13-3-2-8-25-13/h2-8,10H,9H2,1H3,(H,21,24). The summed E-state index contributed by atoms with van der Waals surface area (Å²) in [5, 5.41) is 8.12. The van der Waals surface area contributed by atoms with E-state index in [2.05, 4.69) is 10.4 Å². The molecule has 130 valence electrons. The molecule has 0 aliphatic carbocycles. The first-order valence-corrected chi connectivity index (χ1v) is 8.27. The van der Waals surface area contributed by atoms with Gasteiger partial charge in [0, 0.05) is 4.88 Å². The van der Waals surface area contributed by atoms with Crippen molar-refractivity contribution < 1.29 is 18.0 Å². The van der Waals surface area contributed by atoms with Gasteiger partial charge >= 0.3 is 6.18 Å². The third-order valence-corrected chi connectivity index (χ3v) is 4.44. The number of carbonyl (C=O) groups is 1. The Hall–Kier alpha value is -2.61. The first-order valence-electron chi connectivity index (χ1n) is 7.39. The van der Waals surface area contributed by atoms with Crippen LogP contribution in [0.5, 0.6) is 0 Å². The van der Waals surface area contributed by atoms with Crippen molar-refractivity contribution in [3.05, 3.63) is 69.7 Å². The molecular formula is C17H14F3N3OS. The van der Waals surface area contributed by atoms with Crippen molar-refractivity contribution in [2.45, 2.75) is 19.6 Å². The molecule has 2 aromatic heterocycles. The molecule has 0 saturated heterocycles. The number of benzene rings is 1. The highest BCUT2D eigenvalue weighted by Crippen LogP contribution is 2.33. The largest absolute Gasteiger partial charge is 0.434 e. The molecule has 3 aromatic rings. The summed E-state index contributed by atoms with van der Waals surface area (Å²) in [6.07, 6.45) is -3.76. The smallest absolute Gasteiger partial charge is 0.347 e. The lowest BCUT2D eigenvalue weighted by molar-refractivity contribution is -0.143. The number of hydrogen-bond acceptors (Lipinski definition) is 3. The van der Waals surface area contributed by atoms with Crippen molar-refractivity contribution >= 4 is 17.2 Å². The van der Waals surface area contributed by atoms with Gasteiger partial charge in [0.1, 0.15) is 0 Å². The number of rotatable bonds is 4. The maximum Gasteiger partial charge on any atom is 0.434 e. The van der Waals surface area contributed by atoms with E-state index in [9.17, 15) is 18.0 Å². The minimum atomic E-state index is -4.71. The summed E-state index contributed by atoms with van der Waals surface area (Å²) in [6, 6.07) is 10.0. The van der Waals surface area contributed by atoms with Crippen LogP contribution < -0.4 is 5.32 Å². The molecule has 1 amide bonds. The highest BCUT2D eigenvalue weighted by Gasteiger charge is 2.40. The lowest BCUT2D eigenvalue weighted by atomic mass is 10.2. The summed E-state index contributed by atoms with van der Waals surface area (Å²) >= 11 is 1.42. The highest BCUT2D eigenvalue weighted by molar-refractivity contribution is 7.09. The molecule has 8 heteroatoms. The monoisotopic (exact) mass is 365 g/mol. The van der Waals surface area contributed by atoms with Gasteiger partial charge in [0.05, 0.1) is 24.0 Å². The van der Waals surface area contributed by atoms with E-state index < -0.39 is 23.3 Å². The van der Waals surface area contributed by atoms with Crippen molar-refractivity contribution in [2.75, 3.05) is 0 Å². The quantitative estimate of drug-likeness (QED) is 0.754. The molecule has 0 atom stereocenters. The average molecular weight is 365 g/mol.